The number of hydrogen-bond acceptors (Lipinski definition) is 2. The highest BCUT2D eigenvalue weighted by Gasteiger charge is 2.36. The second-order valence-electron chi connectivity index (χ2n) is 4.95. The Hall–Kier alpha value is -2.44. The SMILES string of the molecule is CC.CC.CC.O=C(c1ccccc1)P(=O)(c1ccccc1)c1ccccc1. The summed E-state index contributed by atoms with van der Waals surface area (Å²) >= 11 is 0. The molecule has 0 saturated heterocycles. The molecule has 3 aromatic rings. The zero-order valence-corrected chi connectivity index (χ0v) is 18.8. The maximum Gasteiger partial charge on any atom is 0.230 e. The van der Waals surface area contributed by atoms with Crippen molar-refractivity contribution in [2.45, 2.75) is 41.5 Å². The van der Waals surface area contributed by atoms with Crippen molar-refractivity contribution in [3.63, 3.8) is 0 Å². The number of rotatable bonds is 4. The lowest BCUT2D eigenvalue weighted by Gasteiger charge is -2.18. The van der Waals surface area contributed by atoms with E-state index in [-0.39, 0.29) is 5.52 Å². The summed E-state index contributed by atoms with van der Waals surface area (Å²) in [4.78, 5) is 13.0. The van der Waals surface area contributed by atoms with E-state index in [1.54, 1.807) is 48.5 Å². The van der Waals surface area contributed by atoms with E-state index in [1.165, 1.54) is 0 Å². The van der Waals surface area contributed by atoms with Gasteiger partial charge in [-0.25, -0.2) is 0 Å². The van der Waals surface area contributed by atoms with Crippen LogP contribution < -0.4 is 10.6 Å². The second-order valence-corrected chi connectivity index (χ2v) is 7.61. The molecule has 0 aromatic heterocycles. The number of carbonyl (C=O) groups excluding carboxylic acids is 1. The van der Waals surface area contributed by atoms with E-state index in [2.05, 4.69) is 0 Å². The highest BCUT2D eigenvalue weighted by atomic mass is 31.2. The van der Waals surface area contributed by atoms with Gasteiger partial charge in [-0.2, -0.15) is 0 Å². The molecule has 0 bridgehead atoms. The third kappa shape index (κ3) is 6.32. The maximum absolute atomic E-state index is 13.8. The summed E-state index contributed by atoms with van der Waals surface area (Å²) in [5, 5.41) is 1.13. The van der Waals surface area contributed by atoms with Crippen LogP contribution in [0.25, 0.3) is 0 Å². The minimum absolute atomic E-state index is 0.328. The lowest BCUT2D eigenvalue weighted by Crippen LogP contribution is -2.22. The van der Waals surface area contributed by atoms with Crippen LogP contribution in [0.2, 0.25) is 0 Å². The van der Waals surface area contributed by atoms with Crippen LogP contribution in [0.1, 0.15) is 51.9 Å². The predicted molar refractivity (Wildman–Crippen MR) is 125 cm³/mol. The van der Waals surface area contributed by atoms with Gasteiger partial charge in [0.25, 0.3) is 0 Å². The molecule has 3 aromatic carbocycles. The molecule has 150 valence electrons. The Balaban J connectivity index is 0.00000111. The Bertz CT molecular complexity index is 769. The third-order valence-electron chi connectivity index (χ3n) is 3.55. The Morgan fingerprint density at radius 1 is 0.536 bits per heavy atom. The van der Waals surface area contributed by atoms with Crippen LogP contribution in [-0.2, 0) is 4.57 Å². The van der Waals surface area contributed by atoms with Crippen LogP contribution in [0.5, 0.6) is 0 Å². The molecular formula is C25H33O2P. The average Bonchev–Trinajstić information content (AvgIpc) is 2.83. The molecule has 0 saturated carbocycles. The fourth-order valence-electron chi connectivity index (χ4n) is 2.42. The standard InChI is InChI=1S/C19H15O2P.3C2H6/c20-19(16-10-4-1-5-11-16)22(21,17-12-6-2-7-13-17)18-14-8-3-9-15-18;3*1-2/h1-15H;3*1-2H3. The van der Waals surface area contributed by atoms with Crippen LogP contribution in [0.4, 0.5) is 0 Å². The minimum atomic E-state index is -3.38. The van der Waals surface area contributed by atoms with E-state index >= 15 is 0 Å². The Morgan fingerprint density at radius 2 is 0.821 bits per heavy atom. The minimum Gasteiger partial charge on any atom is -0.305 e. The maximum atomic E-state index is 13.8. The van der Waals surface area contributed by atoms with Crippen molar-refractivity contribution in [2.24, 2.45) is 0 Å². The molecule has 0 fully saturated rings. The van der Waals surface area contributed by atoms with E-state index < -0.39 is 7.14 Å². The van der Waals surface area contributed by atoms with Crippen molar-refractivity contribution in [3.8, 4) is 0 Å². The number of benzene rings is 3. The molecule has 0 N–H and O–H groups in total. The Morgan fingerprint density at radius 3 is 1.14 bits per heavy atom. The van der Waals surface area contributed by atoms with Gasteiger partial charge in [0.05, 0.1) is 0 Å². The van der Waals surface area contributed by atoms with Crippen molar-refractivity contribution in [3.05, 3.63) is 96.6 Å². The molecule has 0 radical (unpaired) electrons. The predicted octanol–water partition coefficient (Wildman–Crippen LogP) is 6.92. The van der Waals surface area contributed by atoms with Crippen LogP contribution in [0.15, 0.2) is 91.0 Å². The van der Waals surface area contributed by atoms with Gasteiger partial charge < -0.3 is 4.57 Å². The highest BCUT2D eigenvalue weighted by molar-refractivity contribution is 7.93. The summed E-state index contributed by atoms with van der Waals surface area (Å²) in [6.45, 7) is 12.0. The molecule has 28 heavy (non-hydrogen) atoms. The molecule has 2 nitrogen and oxygen atoms in total. The van der Waals surface area contributed by atoms with Crippen molar-refractivity contribution >= 4 is 23.3 Å². The molecule has 0 atom stereocenters. The summed E-state index contributed by atoms with van der Waals surface area (Å²) in [6.07, 6.45) is 0. The van der Waals surface area contributed by atoms with Gasteiger partial charge in [-0.15, -0.1) is 0 Å². The molecule has 0 amide bonds. The molecule has 3 heteroatoms. The first-order valence-corrected chi connectivity index (χ1v) is 11.7. The summed E-state index contributed by atoms with van der Waals surface area (Å²) < 4.78 is 13.8. The molecule has 0 heterocycles. The van der Waals surface area contributed by atoms with Crippen LogP contribution >= 0.6 is 7.14 Å². The van der Waals surface area contributed by atoms with E-state index in [9.17, 15) is 9.36 Å². The smallest absolute Gasteiger partial charge is 0.230 e. The van der Waals surface area contributed by atoms with Crippen molar-refractivity contribution in [2.75, 3.05) is 0 Å². The van der Waals surface area contributed by atoms with Crippen LogP contribution in [0.3, 0.4) is 0 Å². The average molecular weight is 397 g/mol. The molecule has 0 spiro atoms. The molecule has 3 rings (SSSR count). The fraction of sp³-hybridized carbons (Fsp3) is 0.240. The third-order valence-corrected chi connectivity index (χ3v) is 6.43. The van der Waals surface area contributed by atoms with Crippen molar-refractivity contribution in [1.82, 2.24) is 0 Å². The number of carbonyl (C=O) groups is 1. The summed E-state index contributed by atoms with van der Waals surface area (Å²) in [6, 6.07) is 26.8. The van der Waals surface area contributed by atoms with Gasteiger partial charge in [0.2, 0.25) is 12.7 Å². The van der Waals surface area contributed by atoms with Gasteiger partial charge in [0, 0.05) is 16.2 Å². The molecule has 0 unspecified atom stereocenters. The second kappa shape index (κ2) is 14.6. The van der Waals surface area contributed by atoms with Gasteiger partial charge in [0.15, 0.2) is 0 Å². The van der Waals surface area contributed by atoms with Gasteiger partial charge in [0.1, 0.15) is 0 Å². The van der Waals surface area contributed by atoms with Crippen LogP contribution in [-0.4, -0.2) is 5.52 Å². The van der Waals surface area contributed by atoms with Gasteiger partial charge in [-0.05, 0) is 0 Å². The van der Waals surface area contributed by atoms with E-state index in [0.717, 1.165) is 0 Å². The normalized spacial score (nSPS) is 9.36. The monoisotopic (exact) mass is 396 g/mol. The molecule has 0 aliphatic carbocycles. The van der Waals surface area contributed by atoms with Gasteiger partial charge in [-0.3, -0.25) is 4.79 Å². The molecule has 0 aliphatic heterocycles. The fourth-order valence-corrected chi connectivity index (χ4v) is 4.89. The first-order valence-electron chi connectivity index (χ1n) is 10.0. The van der Waals surface area contributed by atoms with Gasteiger partial charge >= 0.3 is 0 Å². The zero-order chi connectivity index (χ0) is 21.4. The summed E-state index contributed by atoms with van der Waals surface area (Å²) in [5.41, 5.74) is 0.143. The Kier molecular flexibility index (Phi) is 13.3. The summed E-state index contributed by atoms with van der Waals surface area (Å²) in [7, 11) is -3.38. The number of hydrogen-bond donors (Lipinski definition) is 0. The summed E-state index contributed by atoms with van der Waals surface area (Å²) in [5.74, 6) is 0. The lowest BCUT2D eigenvalue weighted by atomic mass is 10.2. The van der Waals surface area contributed by atoms with Crippen LogP contribution in [0, 0.1) is 0 Å². The molecule has 0 aliphatic rings. The van der Waals surface area contributed by atoms with E-state index in [1.807, 2.05) is 84.0 Å². The zero-order valence-electron chi connectivity index (χ0n) is 17.9. The quantitative estimate of drug-likeness (QED) is 0.449. The van der Waals surface area contributed by atoms with Crippen molar-refractivity contribution in [1.29, 1.82) is 0 Å². The van der Waals surface area contributed by atoms with E-state index in [4.69, 9.17) is 0 Å². The lowest BCUT2D eigenvalue weighted by molar-refractivity contribution is 0.107. The largest absolute Gasteiger partial charge is 0.305 e. The first kappa shape index (κ1) is 25.6. The Labute approximate surface area is 171 Å². The van der Waals surface area contributed by atoms with E-state index in [0.29, 0.717) is 16.2 Å². The van der Waals surface area contributed by atoms with Crippen molar-refractivity contribution < 1.29 is 9.36 Å². The molecular weight excluding hydrogens is 363 g/mol. The highest BCUT2D eigenvalue weighted by Crippen LogP contribution is 2.46. The van der Waals surface area contributed by atoms with Gasteiger partial charge in [-0.1, -0.05) is 133 Å². The topological polar surface area (TPSA) is 34.1 Å². The first-order chi connectivity index (χ1) is 13.7.